The van der Waals surface area contributed by atoms with Gasteiger partial charge in [-0.05, 0) is 6.92 Å². The van der Waals surface area contributed by atoms with Crippen LogP contribution in [0.25, 0.3) is 0 Å². The first-order valence-corrected chi connectivity index (χ1v) is 6.31. The van der Waals surface area contributed by atoms with Gasteiger partial charge in [0.15, 0.2) is 5.60 Å². The average Bonchev–Trinajstić information content (AvgIpc) is 2.75. The van der Waals surface area contributed by atoms with Gasteiger partial charge in [-0.15, -0.1) is 11.3 Å². The number of aliphatic carboxylic acids is 1. The molecular weight excluding hydrogens is 256 g/mol. The van der Waals surface area contributed by atoms with Crippen LogP contribution in [0.5, 0.6) is 0 Å². The summed E-state index contributed by atoms with van der Waals surface area (Å²) in [6, 6.07) is 0. The number of carbonyl (C=O) groups excluding carboxylic acids is 1. The third kappa shape index (κ3) is 3.51. The van der Waals surface area contributed by atoms with Gasteiger partial charge in [-0.1, -0.05) is 13.8 Å². The minimum atomic E-state index is -1.98. The van der Waals surface area contributed by atoms with E-state index in [4.69, 9.17) is 5.11 Å². The molecule has 1 unspecified atom stereocenters. The molecule has 6 nitrogen and oxygen atoms in total. The van der Waals surface area contributed by atoms with Gasteiger partial charge in [-0.3, -0.25) is 4.79 Å². The van der Waals surface area contributed by atoms with Gasteiger partial charge in [0.1, 0.15) is 5.69 Å². The highest BCUT2D eigenvalue weighted by Gasteiger charge is 2.30. The van der Waals surface area contributed by atoms with Crippen LogP contribution in [0.2, 0.25) is 0 Å². The van der Waals surface area contributed by atoms with E-state index in [1.165, 1.54) is 11.3 Å². The molecule has 0 aliphatic rings. The van der Waals surface area contributed by atoms with Crippen molar-refractivity contribution in [1.29, 1.82) is 0 Å². The topological polar surface area (TPSA) is 99.5 Å². The fourth-order valence-corrected chi connectivity index (χ4v) is 1.89. The molecular formula is C11H16N2O4S. The van der Waals surface area contributed by atoms with Gasteiger partial charge >= 0.3 is 5.97 Å². The zero-order valence-corrected chi connectivity index (χ0v) is 11.2. The fraction of sp³-hybridized carbons (Fsp3) is 0.545. The molecule has 1 aromatic rings. The van der Waals surface area contributed by atoms with Gasteiger partial charge in [0, 0.05) is 11.3 Å². The molecule has 0 aliphatic heterocycles. The molecule has 0 fully saturated rings. The van der Waals surface area contributed by atoms with Crippen LogP contribution in [0.15, 0.2) is 5.38 Å². The van der Waals surface area contributed by atoms with E-state index in [1.54, 1.807) is 5.38 Å². The molecule has 3 N–H and O–H groups in total. The Morgan fingerprint density at radius 1 is 1.56 bits per heavy atom. The summed E-state index contributed by atoms with van der Waals surface area (Å²) >= 11 is 1.37. The molecule has 1 heterocycles. The molecule has 0 saturated heterocycles. The zero-order valence-electron chi connectivity index (χ0n) is 10.4. The molecule has 1 amide bonds. The van der Waals surface area contributed by atoms with Crippen LogP contribution in [0.1, 0.15) is 42.2 Å². The van der Waals surface area contributed by atoms with Crippen LogP contribution in [0.3, 0.4) is 0 Å². The number of carboxylic acids is 1. The van der Waals surface area contributed by atoms with Gasteiger partial charge in [-0.2, -0.15) is 0 Å². The second kappa shape index (κ2) is 5.45. The van der Waals surface area contributed by atoms with Crippen molar-refractivity contribution in [3.8, 4) is 0 Å². The van der Waals surface area contributed by atoms with E-state index >= 15 is 0 Å². The second-order valence-corrected chi connectivity index (χ2v) is 5.38. The summed E-state index contributed by atoms with van der Waals surface area (Å²) < 4.78 is 0. The summed E-state index contributed by atoms with van der Waals surface area (Å²) in [6.07, 6.45) is 0. The molecule has 18 heavy (non-hydrogen) atoms. The summed E-state index contributed by atoms with van der Waals surface area (Å²) in [4.78, 5) is 26.5. The Labute approximate surface area is 109 Å². The first-order chi connectivity index (χ1) is 8.24. The lowest BCUT2D eigenvalue weighted by atomic mass is 10.1. The van der Waals surface area contributed by atoms with E-state index in [0.717, 1.165) is 11.9 Å². The summed E-state index contributed by atoms with van der Waals surface area (Å²) in [6.45, 7) is 4.69. The largest absolute Gasteiger partial charge is 0.479 e. The van der Waals surface area contributed by atoms with Gasteiger partial charge in [-0.25, -0.2) is 9.78 Å². The van der Waals surface area contributed by atoms with Crippen LogP contribution in [0.4, 0.5) is 0 Å². The van der Waals surface area contributed by atoms with Crippen molar-refractivity contribution in [3.05, 3.63) is 16.1 Å². The minimum Gasteiger partial charge on any atom is -0.479 e. The standard InChI is InChI=1S/C11H16N2O4S/c1-6(2)9-13-7(4-18-9)8(14)12-5-11(3,17)10(15)16/h4,6,17H,5H2,1-3H3,(H,12,14)(H,15,16). The number of hydrogen-bond donors (Lipinski definition) is 3. The predicted molar refractivity (Wildman–Crippen MR) is 66.8 cm³/mol. The molecule has 1 atom stereocenters. The lowest BCUT2D eigenvalue weighted by Crippen LogP contribution is -2.46. The maximum Gasteiger partial charge on any atom is 0.337 e. The Bertz CT molecular complexity index is 454. The van der Waals surface area contributed by atoms with Gasteiger partial charge in [0.05, 0.1) is 11.6 Å². The highest BCUT2D eigenvalue weighted by molar-refractivity contribution is 7.09. The minimum absolute atomic E-state index is 0.235. The molecule has 0 spiro atoms. The summed E-state index contributed by atoms with van der Waals surface area (Å²) in [5.41, 5.74) is -1.74. The van der Waals surface area contributed by atoms with Gasteiger partial charge < -0.3 is 15.5 Å². The van der Waals surface area contributed by atoms with Crippen molar-refractivity contribution < 1.29 is 19.8 Å². The van der Waals surface area contributed by atoms with Crippen molar-refractivity contribution in [2.75, 3.05) is 6.54 Å². The number of carbonyl (C=O) groups is 2. The third-order valence-corrected chi connectivity index (χ3v) is 3.45. The van der Waals surface area contributed by atoms with Gasteiger partial charge in [0.25, 0.3) is 5.91 Å². The molecule has 0 aliphatic carbocycles. The first kappa shape index (κ1) is 14.6. The monoisotopic (exact) mass is 272 g/mol. The average molecular weight is 272 g/mol. The molecule has 1 rings (SSSR count). The molecule has 0 saturated carbocycles. The molecule has 7 heteroatoms. The first-order valence-electron chi connectivity index (χ1n) is 5.43. The fourth-order valence-electron chi connectivity index (χ4n) is 1.08. The predicted octanol–water partition coefficient (Wildman–Crippen LogP) is 0.832. The lowest BCUT2D eigenvalue weighted by molar-refractivity contribution is -0.155. The number of rotatable bonds is 5. The Hall–Kier alpha value is -1.47. The summed E-state index contributed by atoms with van der Waals surface area (Å²) in [5.74, 6) is -1.64. The number of thiazole rings is 1. The zero-order chi connectivity index (χ0) is 13.9. The Morgan fingerprint density at radius 2 is 2.17 bits per heavy atom. The van der Waals surface area contributed by atoms with Crippen LogP contribution in [-0.4, -0.2) is 39.2 Å². The normalized spacial score (nSPS) is 14.3. The number of aromatic nitrogens is 1. The smallest absolute Gasteiger partial charge is 0.337 e. The van der Waals surface area contributed by atoms with E-state index in [9.17, 15) is 14.7 Å². The third-order valence-electron chi connectivity index (χ3n) is 2.30. The Morgan fingerprint density at radius 3 is 2.61 bits per heavy atom. The highest BCUT2D eigenvalue weighted by atomic mass is 32.1. The van der Waals surface area contributed by atoms with Crippen molar-refractivity contribution in [2.45, 2.75) is 32.3 Å². The van der Waals surface area contributed by atoms with Crippen molar-refractivity contribution in [1.82, 2.24) is 10.3 Å². The van der Waals surface area contributed by atoms with Crippen LogP contribution >= 0.6 is 11.3 Å². The molecule has 0 radical (unpaired) electrons. The van der Waals surface area contributed by atoms with E-state index in [2.05, 4.69) is 10.3 Å². The van der Waals surface area contributed by atoms with E-state index in [1.807, 2.05) is 13.8 Å². The van der Waals surface area contributed by atoms with Crippen LogP contribution in [-0.2, 0) is 4.79 Å². The van der Waals surface area contributed by atoms with E-state index < -0.39 is 17.5 Å². The van der Waals surface area contributed by atoms with E-state index in [-0.39, 0.29) is 18.2 Å². The quantitative estimate of drug-likeness (QED) is 0.737. The molecule has 0 bridgehead atoms. The Balaban J connectivity index is 2.63. The lowest BCUT2D eigenvalue weighted by Gasteiger charge is -2.17. The Kier molecular flexibility index (Phi) is 4.42. The molecule has 1 aromatic heterocycles. The maximum absolute atomic E-state index is 11.7. The summed E-state index contributed by atoms with van der Waals surface area (Å²) in [7, 11) is 0. The van der Waals surface area contributed by atoms with Gasteiger partial charge in [0.2, 0.25) is 0 Å². The number of nitrogens with zero attached hydrogens (tertiary/aromatic N) is 1. The van der Waals surface area contributed by atoms with Crippen molar-refractivity contribution in [3.63, 3.8) is 0 Å². The number of aliphatic hydroxyl groups is 1. The second-order valence-electron chi connectivity index (χ2n) is 4.49. The van der Waals surface area contributed by atoms with Crippen LogP contribution in [0, 0.1) is 0 Å². The highest BCUT2D eigenvalue weighted by Crippen LogP contribution is 2.19. The maximum atomic E-state index is 11.7. The number of nitrogens with one attached hydrogen (secondary N) is 1. The molecule has 100 valence electrons. The molecule has 0 aromatic carbocycles. The number of amides is 1. The summed E-state index contributed by atoms with van der Waals surface area (Å²) in [5, 5.41) is 22.9. The van der Waals surface area contributed by atoms with Crippen molar-refractivity contribution in [2.24, 2.45) is 0 Å². The van der Waals surface area contributed by atoms with Crippen molar-refractivity contribution >= 4 is 23.2 Å². The number of carboxylic acid groups (broad SMARTS) is 1. The number of hydrogen-bond acceptors (Lipinski definition) is 5. The van der Waals surface area contributed by atoms with Crippen LogP contribution < -0.4 is 5.32 Å². The van der Waals surface area contributed by atoms with E-state index in [0.29, 0.717) is 0 Å². The SMILES string of the molecule is CC(C)c1nc(C(=O)NCC(C)(O)C(=O)O)cs1.